The molecule has 2 aromatic carbocycles. The average Bonchev–Trinajstić information content (AvgIpc) is 3.17. The molecular formula is C18H13Cl2FN2O4S. The van der Waals surface area contributed by atoms with E-state index in [0.717, 1.165) is 12.1 Å². The summed E-state index contributed by atoms with van der Waals surface area (Å²) < 4.78 is 45.7. The van der Waals surface area contributed by atoms with Gasteiger partial charge in [0.1, 0.15) is 16.5 Å². The number of benzene rings is 2. The van der Waals surface area contributed by atoms with Crippen LogP contribution in [0.5, 0.6) is 0 Å². The van der Waals surface area contributed by atoms with Crippen molar-refractivity contribution < 1.29 is 22.0 Å². The van der Waals surface area contributed by atoms with E-state index in [0.29, 0.717) is 5.76 Å². The Kier molecular flexibility index (Phi) is 6.04. The second-order valence-corrected chi connectivity index (χ2v) is 8.18. The minimum absolute atomic E-state index is 0.0446. The topological polar surface area (TPSA) is 88.4 Å². The number of anilines is 1. The maximum atomic E-state index is 13.2. The van der Waals surface area contributed by atoms with Gasteiger partial charge in [0.25, 0.3) is 5.91 Å². The normalized spacial score (nSPS) is 11.4. The van der Waals surface area contributed by atoms with Gasteiger partial charge in [-0.05, 0) is 48.5 Å². The number of hydrogen-bond acceptors (Lipinski definition) is 4. The molecule has 0 fully saturated rings. The van der Waals surface area contributed by atoms with E-state index in [-0.39, 0.29) is 32.7 Å². The van der Waals surface area contributed by atoms with E-state index < -0.39 is 21.7 Å². The van der Waals surface area contributed by atoms with Crippen molar-refractivity contribution in [3.8, 4) is 0 Å². The number of furan rings is 1. The quantitative estimate of drug-likeness (QED) is 0.589. The van der Waals surface area contributed by atoms with E-state index in [1.165, 1.54) is 30.5 Å². The molecule has 1 amide bonds. The number of carbonyl (C=O) groups is 1. The van der Waals surface area contributed by atoms with Crippen LogP contribution in [0.4, 0.5) is 10.1 Å². The van der Waals surface area contributed by atoms with E-state index in [4.69, 9.17) is 27.6 Å². The number of halogens is 3. The zero-order valence-corrected chi connectivity index (χ0v) is 16.4. The lowest BCUT2D eigenvalue weighted by Gasteiger charge is -2.10. The van der Waals surface area contributed by atoms with E-state index in [9.17, 15) is 17.6 Å². The second kappa shape index (κ2) is 8.32. The van der Waals surface area contributed by atoms with E-state index in [1.54, 1.807) is 12.1 Å². The molecule has 6 nitrogen and oxygen atoms in total. The summed E-state index contributed by atoms with van der Waals surface area (Å²) in [4.78, 5) is 12.2. The number of sulfonamides is 1. The minimum Gasteiger partial charge on any atom is -0.468 e. The Morgan fingerprint density at radius 2 is 1.86 bits per heavy atom. The third-order valence-corrected chi connectivity index (χ3v) is 5.85. The molecule has 0 saturated heterocycles. The van der Waals surface area contributed by atoms with Gasteiger partial charge in [0, 0.05) is 11.3 Å². The summed E-state index contributed by atoms with van der Waals surface area (Å²) in [7, 11) is -4.00. The van der Waals surface area contributed by atoms with Crippen molar-refractivity contribution >= 4 is 44.8 Å². The predicted octanol–water partition coefficient (Wildman–Crippen LogP) is 4.46. The Labute approximate surface area is 170 Å². The Morgan fingerprint density at radius 3 is 2.54 bits per heavy atom. The molecule has 3 aromatic rings. The summed E-state index contributed by atoms with van der Waals surface area (Å²) in [6.45, 7) is -0.0732. The molecule has 1 heterocycles. The largest absolute Gasteiger partial charge is 0.468 e. The van der Waals surface area contributed by atoms with Crippen LogP contribution in [0.1, 0.15) is 16.1 Å². The SMILES string of the molecule is O=C(Nc1ccc(F)c(Cl)c1)c1ccc(Cl)c(S(=O)(=O)NCc2ccco2)c1. The maximum absolute atomic E-state index is 13.2. The molecule has 0 bridgehead atoms. The minimum atomic E-state index is -4.00. The highest BCUT2D eigenvalue weighted by molar-refractivity contribution is 7.89. The predicted molar refractivity (Wildman–Crippen MR) is 104 cm³/mol. The number of nitrogens with one attached hydrogen (secondary N) is 2. The molecule has 0 saturated carbocycles. The van der Waals surface area contributed by atoms with Crippen molar-refractivity contribution in [1.29, 1.82) is 0 Å². The van der Waals surface area contributed by atoms with Crippen molar-refractivity contribution in [1.82, 2.24) is 4.72 Å². The molecule has 0 unspecified atom stereocenters. The molecular weight excluding hydrogens is 430 g/mol. The Hall–Kier alpha value is -2.39. The third-order valence-electron chi connectivity index (χ3n) is 3.68. The number of rotatable bonds is 6. The molecule has 0 aliphatic carbocycles. The van der Waals surface area contributed by atoms with Gasteiger partial charge in [-0.15, -0.1) is 0 Å². The van der Waals surface area contributed by atoms with Gasteiger partial charge in [0.2, 0.25) is 10.0 Å². The fourth-order valence-corrected chi connectivity index (χ4v) is 3.98. The fraction of sp³-hybridized carbons (Fsp3) is 0.0556. The zero-order chi connectivity index (χ0) is 20.3. The van der Waals surface area contributed by atoms with Gasteiger partial charge in [-0.25, -0.2) is 17.5 Å². The molecule has 0 aliphatic heterocycles. The second-order valence-electron chi connectivity index (χ2n) is 5.63. The van der Waals surface area contributed by atoms with Crippen molar-refractivity contribution in [2.24, 2.45) is 0 Å². The van der Waals surface area contributed by atoms with E-state index in [1.807, 2.05) is 0 Å². The van der Waals surface area contributed by atoms with Crippen LogP contribution < -0.4 is 10.0 Å². The highest BCUT2D eigenvalue weighted by Crippen LogP contribution is 2.24. The van der Waals surface area contributed by atoms with Gasteiger partial charge in [0.05, 0.1) is 22.9 Å². The van der Waals surface area contributed by atoms with E-state index in [2.05, 4.69) is 10.0 Å². The summed E-state index contributed by atoms with van der Waals surface area (Å²) in [6.07, 6.45) is 1.42. The molecule has 10 heteroatoms. The third kappa shape index (κ3) is 4.71. The average molecular weight is 443 g/mol. The van der Waals surface area contributed by atoms with Crippen LogP contribution in [-0.2, 0) is 16.6 Å². The molecule has 0 aliphatic rings. The first-order valence-electron chi connectivity index (χ1n) is 7.84. The lowest BCUT2D eigenvalue weighted by atomic mass is 10.2. The highest BCUT2D eigenvalue weighted by atomic mass is 35.5. The van der Waals surface area contributed by atoms with Crippen LogP contribution in [0.15, 0.2) is 64.1 Å². The van der Waals surface area contributed by atoms with E-state index >= 15 is 0 Å². The standard InChI is InChI=1S/C18H13Cl2FN2O4S/c19-14-5-3-11(18(24)23-12-4-6-16(21)15(20)9-12)8-17(14)28(25,26)22-10-13-2-1-7-27-13/h1-9,22H,10H2,(H,23,24). The Bertz CT molecular complexity index is 1120. The molecule has 28 heavy (non-hydrogen) atoms. The lowest BCUT2D eigenvalue weighted by molar-refractivity contribution is 0.102. The van der Waals surface area contributed by atoms with Crippen molar-refractivity contribution in [3.05, 3.63) is 82.0 Å². The Morgan fingerprint density at radius 1 is 1.07 bits per heavy atom. The Balaban J connectivity index is 1.81. The lowest BCUT2D eigenvalue weighted by Crippen LogP contribution is -2.24. The van der Waals surface area contributed by atoms with Crippen LogP contribution in [-0.4, -0.2) is 14.3 Å². The summed E-state index contributed by atoms with van der Waals surface area (Å²) in [5.41, 5.74) is 0.301. The van der Waals surface area contributed by atoms with Crippen molar-refractivity contribution in [3.63, 3.8) is 0 Å². The first kappa shape index (κ1) is 20.3. The van der Waals surface area contributed by atoms with Crippen LogP contribution in [0.3, 0.4) is 0 Å². The summed E-state index contributed by atoms with van der Waals surface area (Å²) in [5, 5.41) is 2.31. The van der Waals surface area contributed by atoms with Crippen LogP contribution in [0.2, 0.25) is 10.0 Å². The van der Waals surface area contributed by atoms with Gasteiger partial charge in [0.15, 0.2) is 0 Å². The highest BCUT2D eigenvalue weighted by Gasteiger charge is 2.20. The van der Waals surface area contributed by atoms with Gasteiger partial charge < -0.3 is 9.73 Å². The smallest absolute Gasteiger partial charge is 0.255 e. The van der Waals surface area contributed by atoms with Crippen LogP contribution in [0.25, 0.3) is 0 Å². The molecule has 2 N–H and O–H groups in total. The summed E-state index contributed by atoms with van der Waals surface area (Å²) in [5.74, 6) is -0.814. The molecule has 146 valence electrons. The summed E-state index contributed by atoms with van der Waals surface area (Å²) in [6, 6.07) is 10.7. The van der Waals surface area contributed by atoms with Crippen molar-refractivity contribution in [2.45, 2.75) is 11.4 Å². The monoisotopic (exact) mass is 442 g/mol. The zero-order valence-electron chi connectivity index (χ0n) is 14.1. The van der Waals surface area contributed by atoms with Gasteiger partial charge in [-0.1, -0.05) is 23.2 Å². The number of amides is 1. The molecule has 0 atom stereocenters. The first-order valence-corrected chi connectivity index (χ1v) is 10.1. The van der Waals surface area contributed by atoms with Crippen LogP contribution in [0, 0.1) is 5.82 Å². The number of hydrogen-bond donors (Lipinski definition) is 2. The molecule has 0 radical (unpaired) electrons. The van der Waals surface area contributed by atoms with Gasteiger partial charge in [-0.3, -0.25) is 4.79 Å². The van der Waals surface area contributed by atoms with Crippen LogP contribution >= 0.6 is 23.2 Å². The maximum Gasteiger partial charge on any atom is 0.255 e. The molecule has 0 spiro atoms. The molecule has 1 aromatic heterocycles. The summed E-state index contributed by atoms with van der Waals surface area (Å²) >= 11 is 11.7. The van der Waals surface area contributed by atoms with Gasteiger partial charge in [-0.2, -0.15) is 0 Å². The number of carbonyl (C=O) groups excluding carboxylic acids is 1. The first-order chi connectivity index (χ1) is 13.3. The molecule has 3 rings (SSSR count). The van der Waals surface area contributed by atoms with Crippen molar-refractivity contribution in [2.75, 3.05) is 5.32 Å². The van der Waals surface area contributed by atoms with Gasteiger partial charge >= 0.3 is 0 Å². The fourth-order valence-electron chi connectivity index (χ4n) is 2.28.